The molecule has 7 nitrogen and oxygen atoms in total. The Balaban J connectivity index is 1.31. The Morgan fingerprint density at radius 1 is 1.12 bits per heavy atom. The van der Waals surface area contributed by atoms with Crippen LogP contribution >= 0.6 is 0 Å². The van der Waals surface area contributed by atoms with Gasteiger partial charge in [-0.25, -0.2) is 0 Å². The number of carbonyl (C=O) groups excluding carboxylic acids is 1. The molecule has 5 rings (SSSR count). The highest BCUT2D eigenvalue weighted by Gasteiger charge is 2.60. The first kappa shape index (κ1) is 22.5. The van der Waals surface area contributed by atoms with Gasteiger partial charge in [-0.2, -0.15) is 4.80 Å². The SMILES string of the molecule is CC[C@]12CC[C@H]3[C@@H](CC[C@H]4C[C@@](O)(COC)CC[C@@H]43)[C@@H]1CC[C@@H]2C(=O)Cn1nnc(C)n1. The lowest BCUT2D eigenvalue weighted by atomic mass is 9.48. The third-order valence-electron chi connectivity index (χ3n) is 10.1. The molecule has 0 spiro atoms. The van der Waals surface area contributed by atoms with Crippen molar-refractivity contribution >= 4 is 5.78 Å². The monoisotopic (exact) mass is 444 g/mol. The van der Waals surface area contributed by atoms with Crippen molar-refractivity contribution in [1.82, 2.24) is 20.2 Å². The van der Waals surface area contributed by atoms with Crippen LogP contribution in [0.1, 0.15) is 77.0 Å². The molecule has 178 valence electrons. The first-order chi connectivity index (χ1) is 15.4. The molecule has 4 aliphatic rings. The number of nitrogens with zero attached hydrogens (tertiary/aromatic N) is 4. The van der Waals surface area contributed by atoms with Crippen molar-refractivity contribution < 1.29 is 14.6 Å². The van der Waals surface area contributed by atoms with Crippen LogP contribution in [0.2, 0.25) is 0 Å². The Bertz CT molecular complexity index is 843. The molecule has 0 saturated heterocycles. The van der Waals surface area contributed by atoms with E-state index in [0.717, 1.165) is 49.9 Å². The van der Waals surface area contributed by atoms with Gasteiger partial charge >= 0.3 is 0 Å². The number of carbonyl (C=O) groups is 1. The number of rotatable bonds is 6. The second-order valence-corrected chi connectivity index (χ2v) is 11.4. The predicted molar refractivity (Wildman–Crippen MR) is 120 cm³/mol. The lowest BCUT2D eigenvalue weighted by Gasteiger charge is -2.57. The molecule has 0 bridgehead atoms. The van der Waals surface area contributed by atoms with Crippen LogP contribution in [-0.4, -0.2) is 50.4 Å². The lowest BCUT2D eigenvalue weighted by Crippen LogP contribution is -2.53. The van der Waals surface area contributed by atoms with E-state index < -0.39 is 5.60 Å². The zero-order valence-corrected chi connectivity index (χ0v) is 20.0. The van der Waals surface area contributed by atoms with E-state index in [9.17, 15) is 9.90 Å². The third-order valence-corrected chi connectivity index (χ3v) is 10.1. The highest BCUT2D eigenvalue weighted by Crippen LogP contribution is 2.66. The molecule has 0 aromatic carbocycles. The van der Waals surface area contributed by atoms with Gasteiger partial charge in [-0.05, 0) is 111 Å². The minimum atomic E-state index is -0.622. The fourth-order valence-corrected chi connectivity index (χ4v) is 8.98. The summed E-state index contributed by atoms with van der Waals surface area (Å²) in [7, 11) is 1.70. The highest BCUT2D eigenvalue weighted by molar-refractivity contribution is 5.82. The molecule has 0 aliphatic heterocycles. The smallest absolute Gasteiger partial charge is 0.171 e. The van der Waals surface area contributed by atoms with Crippen LogP contribution in [0.4, 0.5) is 0 Å². The Labute approximate surface area is 191 Å². The van der Waals surface area contributed by atoms with Crippen molar-refractivity contribution in [1.29, 1.82) is 0 Å². The minimum absolute atomic E-state index is 0.139. The molecule has 4 fully saturated rings. The Hall–Kier alpha value is -1.34. The van der Waals surface area contributed by atoms with Crippen molar-refractivity contribution in [2.24, 2.45) is 40.9 Å². The molecule has 1 aromatic heterocycles. The highest BCUT2D eigenvalue weighted by atomic mass is 16.5. The number of tetrazole rings is 1. The molecule has 7 heteroatoms. The van der Waals surface area contributed by atoms with Gasteiger partial charge in [-0.1, -0.05) is 6.92 Å². The Morgan fingerprint density at radius 2 is 1.94 bits per heavy atom. The molecule has 4 aliphatic carbocycles. The Kier molecular flexibility index (Phi) is 5.94. The normalized spacial score (nSPS) is 43.4. The van der Waals surface area contributed by atoms with Crippen LogP contribution < -0.4 is 0 Å². The van der Waals surface area contributed by atoms with E-state index in [0.29, 0.717) is 30.1 Å². The van der Waals surface area contributed by atoms with Gasteiger partial charge in [0.2, 0.25) is 0 Å². The maximum absolute atomic E-state index is 13.4. The maximum Gasteiger partial charge on any atom is 0.171 e. The number of fused-ring (bicyclic) bond motifs is 5. The van der Waals surface area contributed by atoms with E-state index in [1.54, 1.807) is 7.11 Å². The minimum Gasteiger partial charge on any atom is -0.387 e. The van der Waals surface area contributed by atoms with Gasteiger partial charge in [0, 0.05) is 13.0 Å². The second-order valence-electron chi connectivity index (χ2n) is 11.4. The number of hydrogen-bond donors (Lipinski definition) is 1. The first-order valence-electron chi connectivity index (χ1n) is 12.9. The van der Waals surface area contributed by atoms with Crippen LogP contribution in [0.15, 0.2) is 0 Å². The van der Waals surface area contributed by atoms with E-state index in [1.807, 2.05) is 6.92 Å². The quantitative estimate of drug-likeness (QED) is 0.721. The zero-order valence-electron chi connectivity index (χ0n) is 20.0. The standard InChI is InChI=1S/C25H40N4O3/c1-4-25-12-10-19-18-9-11-24(31,15-32-3)13-17(18)5-6-20(19)21(25)7-8-22(25)23(30)14-29-27-16(2)26-28-29/h17-22,31H,4-15H2,1-3H3/t17-,18-,19+,20+,21-,22+,24+,25-/m0/s1. The van der Waals surface area contributed by atoms with Crippen molar-refractivity contribution in [2.45, 2.75) is 90.2 Å². The number of aliphatic hydroxyl groups is 1. The maximum atomic E-state index is 13.4. The van der Waals surface area contributed by atoms with Crippen LogP contribution in [0.3, 0.4) is 0 Å². The number of methoxy groups -OCH3 is 1. The van der Waals surface area contributed by atoms with Gasteiger partial charge in [-0.15, -0.1) is 10.2 Å². The van der Waals surface area contributed by atoms with Crippen molar-refractivity contribution in [2.75, 3.05) is 13.7 Å². The van der Waals surface area contributed by atoms with Crippen molar-refractivity contribution in [3.63, 3.8) is 0 Å². The largest absolute Gasteiger partial charge is 0.387 e. The van der Waals surface area contributed by atoms with E-state index in [-0.39, 0.29) is 17.9 Å². The lowest BCUT2D eigenvalue weighted by molar-refractivity contribution is -0.139. The number of aryl methyl sites for hydroxylation is 1. The number of aromatic nitrogens is 4. The van der Waals surface area contributed by atoms with E-state index in [2.05, 4.69) is 22.3 Å². The number of ketones is 1. The molecule has 0 amide bonds. The summed E-state index contributed by atoms with van der Waals surface area (Å²) >= 11 is 0. The molecule has 32 heavy (non-hydrogen) atoms. The molecular formula is C25H40N4O3. The van der Waals surface area contributed by atoms with Gasteiger partial charge in [0.25, 0.3) is 0 Å². The average Bonchev–Trinajstić information content (AvgIpc) is 3.36. The number of Topliss-reactive ketones (excluding diaryl/α,β-unsaturated/α-hetero) is 1. The fraction of sp³-hybridized carbons (Fsp3) is 0.920. The predicted octanol–water partition coefficient (Wildman–Crippen LogP) is 3.59. The van der Waals surface area contributed by atoms with E-state index >= 15 is 0 Å². The first-order valence-corrected chi connectivity index (χ1v) is 12.9. The summed E-state index contributed by atoms with van der Waals surface area (Å²) in [6, 6.07) is 0. The summed E-state index contributed by atoms with van der Waals surface area (Å²) < 4.78 is 5.34. The molecule has 0 radical (unpaired) electrons. The van der Waals surface area contributed by atoms with Crippen molar-refractivity contribution in [3.8, 4) is 0 Å². The van der Waals surface area contributed by atoms with Gasteiger partial charge in [0.05, 0.1) is 12.2 Å². The second kappa shape index (κ2) is 8.46. The van der Waals surface area contributed by atoms with Crippen LogP contribution in [0, 0.1) is 47.8 Å². The summed E-state index contributed by atoms with van der Waals surface area (Å²) in [5.41, 5.74) is -0.463. The summed E-state index contributed by atoms with van der Waals surface area (Å²) in [5, 5.41) is 23.2. The summed E-state index contributed by atoms with van der Waals surface area (Å²) in [6.07, 6.45) is 11.2. The third kappa shape index (κ3) is 3.64. The molecule has 4 saturated carbocycles. The zero-order chi connectivity index (χ0) is 22.5. The van der Waals surface area contributed by atoms with Gasteiger partial charge in [0.1, 0.15) is 6.54 Å². The van der Waals surface area contributed by atoms with Crippen LogP contribution in [0.5, 0.6) is 0 Å². The topological polar surface area (TPSA) is 90.1 Å². The molecule has 1 aromatic rings. The number of ether oxygens (including phenoxy) is 1. The van der Waals surface area contributed by atoms with Crippen LogP contribution in [0.25, 0.3) is 0 Å². The van der Waals surface area contributed by atoms with E-state index in [4.69, 9.17) is 4.74 Å². The fourth-order valence-electron chi connectivity index (χ4n) is 8.98. The van der Waals surface area contributed by atoms with Crippen LogP contribution in [-0.2, 0) is 16.1 Å². The average molecular weight is 445 g/mol. The van der Waals surface area contributed by atoms with Gasteiger partial charge in [-0.3, -0.25) is 4.79 Å². The van der Waals surface area contributed by atoms with Gasteiger partial charge in [0.15, 0.2) is 11.6 Å². The Morgan fingerprint density at radius 3 is 2.66 bits per heavy atom. The summed E-state index contributed by atoms with van der Waals surface area (Å²) in [5.74, 6) is 4.65. The molecular weight excluding hydrogens is 404 g/mol. The summed E-state index contributed by atoms with van der Waals surface area (Å²) in [6.45, 7) is 4.85. The molecule has 8 atom stereocenters. The molecule has 0 unspecified atom stereocenters. The molecule has 1 heterocycles. The summed E-state index contributed by atoms with van der Waals surface area (Å²) in [4.78, 5) is 14.9. The molecule has 1 N–H and O–H groups in total. The van der Waals surface area contributed by atoms with E-state index in [1.165, 1.54) is 36.9 Å². The van der Waals surface area contributed by atoms with Gasteiger partial charge < -0.3 is 9.84 Å². The van der Waals surface area contributed by atoms with Crippen molar-refractivity contribution in [3.05, 3.63) is 5.82 Å². The number of hydrogen-bond acceptors (Lipinski definition) is 6.